The standard InChI is InChI=1S/C31H33F2N7O/c1-17-9-19(10-26(35)30(17)38-18(2)41)23-7-8-36-14-20(23)11-28-37-15-22-5-6-27(39-40(22)28)29-24(32)12-21(13-25(29)33)31(3,4)16-34/h5-8,12-15,17,19,26,30H,9-11,35H2,1-4H3,(H,38,41)/t17-,19+,26+,30-/m0/s1. The van der Waals surface area contributed by atoms with Crippen molar-refractivity contribution in [3.05, 3.63) is 83.1 Å². The third-order valence-corrected chi connectivity index (χ3v) is 8.14. The first-order valence-electron chi connectivity index (χ1n) is 13.7. The van der Waals surface area contributed by atoms with Gasteiger partial charge in [0.1, 0.15) is 17.5 Å². The number of halogens is 2. The van der Waals surface area contributed by atoms with Gasteiger partial charge in [-0.1, -0.05) is 6.92 Å². The van der Waals surface area contributed by atoms with Crippen LogP contribution in [0.15, 0.2) is 48.9 Å². The summed E-state index contributed by atoms with van der Waals surface area (Å²) in [6.07, 6.45) is 7.22. The second-order valence-electron chi connectivity index (χ2n) is 11.6. The molecule has 0 spiro atoms. The number of nitrogens with two attached hydrogens (primary N) is 1. The molecule has 1 saturated carbocycles. The molecule has 0 radical (unpaired) electrons. The molecule has 4 atom stereocenters. The molecule has 1 fully saturated rings. The molecule has 0 saturated heterocycles. The fourth-order valence-corrected chi connectivity index (χ4v) is 5.91. The molecule has 1 amide bonds. The Labute approximate surface area is 237 Å². The van der Waals surface area contributed by atoms with Crippen LogP contribution in [0.3, 0.4) is 0 Å². The van der Waals surface area contributed by atoms with E-state index in [-0.39, 0.29) is 46.6 Å². The Balaban J connectivity index is 1.46. The molecule has 3 heterocycles. The molecule has 5 rings (SSSR count). The topological polar surface area (TPSA) is 122 Å². The molecule has 1 aliphatic rings. The smallest absolute Gasteiger partial charge is 0.217 e. The minimum atomic E-state index is -1.04. The van der Waals surface area contributed by atoms with Gasteiger partial charge >= 0.3 is 0 Å². The number of nitrogens with one attached hydrogen (secondary N) is 1. The van der Waals surface area contributed by atoms with E-state index < -0.39 is 17.0 Å². The van der Waals surface area contributed by atoms with Gasteiger partial charge in [-0.25, -0.2) is 18.3 Å². The molecule has 1 aromatic carbocycles. The van der Waals surface area contributed by atoms with Crippen LogP contribution in [0.25, 0.3) is 16.8 Å². The summed E-state index contributed by atoms with van der Waals surface area (Å²) >= 11 is 0. The van der Waals surface area contributed by atoms with E-state index in [1.807, 2.05) is 12.3 Å². The third-order valence-electron chi connectivity index (χ3n) is 8.14. The molecule has 1 aliphatic carbocycles. The third kappa shape index (κ3) is 5.55. The summed E-state index contributed by atoms with van der Waals surface area (Å²) in [5.41, 5.74) is 8.35. The van der Waals surface area contributed by atoms with Crippen LogP contribution in [0.5, 0.6) is 0 Å². The Morgan fingerprint density at radius 2 is 1.93 bits per heavy atom. The fraction of sp³-hybridized carbons (Fsp3) is 0.387. The summed E-state index contributed by atoms with van der Waals surface area (Å²) in [6, 6.07) is 9.48. The number of aromatic nitrogens is 4. The zero-order valence-electron chi connectivity index (χ0n) is 23.5. The molecule has 8 nitrogen and oxygen atoms in total. The number of hydrogen-bond donors (Lipinski definition) is 2. The molecular weight excluding hydrogens is 524 g/mol. The number of imidazole rings is 1. The van der Waals surface area contributed by atoms with Gasteiger partial charge in [0.2, 0.25) is 5.91 Å². The molecule has 0 unspecified atom stereocenters. The van der Waals surface area contributed by atoms with Crippen molar-refractivity contribution in [2.24, 2.45) is 11.7 Å². The van der Waals surface area contributed by atoms with E-state index in [0.717, 1.165) is 17.5 Å². The largest absolute Gasteiger partial charge is 0.352 e. The highest BCUT2D eigenvalue weighted by molar-refractivity contribution is 5.73. The summed E-state index contributed by atoms with van der Waals surface area (Å²) in [7, 11) is 0. The second-order valence-corrected chi connectivity index (χ2v) is 11.6. The van der Waals surface area contributed by atoms with Crippen LogP contribution in [0.2, 0.25) is 0 Å². The van der Waals surface area contributed by atoms with Crippen molar-refractivity contribution in [3.63, 3.8) is 0 Å². The predicted molar refractivity (Wildman–Crippen MR) is 151 cm³/mol. The number of nitrogens with zero attached hydrogens (tertiary/aromatic N) is 5. The minimum Gasteiger partial charge on any atom is -0.352 e. The van der Waals surface area contributed by atoms with Gasteiger partial charge in [0, 0.05) is 37.8 Å². The van der Waals surface area contributed by atoms with Crippen LogP contribution < -0.4 is 11.1 Å². The van der Waals surface area contributed by atoms with Gasteiger partial charge in [-0.05, 0) is 85.5 Å². The van der Waals surface area contributed by atoms with Gasteiger partial charge in [0.15, 0.2) is 0 Å². The van der Waals surface area contributed by atoms with Crippen molar-refractivity contribution in [3.8, 4) is 17.3 Å². The maximum atomic E-state index is 15.2. The summed E-state index contributed by atoms with van der Waals surface area (Å²) in [4.78, 5) is 20.6. The first kappa shape index (κ1) is 28.3. The highest BCUT2D eigenvalue weighted by Gasteiger charge is 2.35. The number of hydrogen-bond acceptors (Lipinski definition) is 6. The van der Waals surface area contributed by atoms with Crippen molar-refractivity contribution in [1.82, 2.24) is 24.9 Å². The van der Waals surface area contributed by atoms with Crippen LogP contribution in [0, 0.1) is 28.9 Å². The number of amides is 1. The van der Waals surface area contributed by atoms with Gasteiger partial charge in [-0.3, -0.25) is 9.78 Å². The molecule has 3 N–H and O–H groups in total. The second kappa shape index (κ2) is 11.0. The summed E-state index contributed by atoms with van der Waals surface area (Å²) in [5.74, 6) is -0.681. The molecule has 4 aromatic rings. The van der Waals surface area contributed by atoms with E-state index in [1.165, 1.54) is 19.1 Å². The highest BCUT2D eigenvalue weighted by atomic mass is 19.1. The van der Waals surface area contributed by atoms with Crippen molar-refractivity contribution >= 4 is 11.4 Å². The van der Waals surface area contributed by atoms with Crippen molar-refractivity contribution in [2.45, 2.75) is 70.4 Å². The zero-order chi connectivity index (χ0) is 29.5. The van der Waals surface area contributed by atoms with Crippen molar-refractivity contribution in [1.29, 1.82) is 5.26 Å². The number of fused-ring (bicyclic) bond motifs is 1. The Bertz CT molecular complexity index is 1620. The van der Waals surface area contributed by atoms with E-state index in [0.29, 0.717) is 24.2 Å². The fourth-order valence-electron chi connectivity index (χ4n) is 5.91. The summed E-state index contributed by atoms with van der Waals surface area (Å²) in [6.45, 7) is 6.83. The van der Waals surface area contributed by atoms with E-state index in [9.17, 15) is 10.1 Å². The van der Waals surface area contributed by atoms with Crippen LogP contribution in [0.4, 0.5) is 8.78 Å². The number of rotatable bonds is 6. The average Bonchev–Trinajstić information content (AvgIpc) is 3.32. The molecule has 10 heteroatoms. The lowest BCUT2D eigenvalue weighted by atomic mass is 9.72. The molecular formula is C31H33F2N7O. The van der Waals surface area contributed by atoms with Gasteiger partial charge in [-0.2, -0.15) is 10.4 Å². The van der Waals surface area contributed by atoms with Gasteiger partial charge in [0.05, 0.1) is 34.5 Å². The molecule has 0 bridgehead atoms. The maximum Gasteiger partial charge on any atom is 0.217 e. The molecule has 0 aliphatic heterocycles. The Morgan fingerprint density at radius 1 is 1.20 bits per heavy atom. The normalized spacial score (nSPS) is 21.0. The van der Waals surface area contributed by atoms with Crippen LogP contribution in [-0.2, 0) is 16.6 Å². The monoisotopic (exact) mass is 557 g/mol. The molecule has 212 valence electrons. The minimum absolute atomic E-state index is 0.0753. The number of nitriles is 1. The van der Waals surface area contributed by atoms with Crippen LogP contribution in [0.1, 0.15) is 69.0 Å². The Kier molecular flexibility index (Phi) is 7.58. The Morgan fingerprint density at radius 3 is 2.59 bits per heavy atom. The highest BCUT2D eigenvalue weighted by Crippen LogP contribution is 2.38. The zero-order valence-corrected chi connectivity index (χ0v) is 23.5. The van der Waals surface area contributed by atoms with Crippen molar-refractivity contribution < 1.29 is 13.6 Å². The molecule has 3 aromatic heterocycles. The predicted octanol–water partition coefficient (Wildman–Crippen LogP) is 4.81. The lowest BCUT2D eigenvalue weighted by Crippen LogP contribution is -2.54. The first-order valence-corrected chi connectivity index (χ1v) is 13.7. The Hall–Kier alpha value is -4.23. The average molecular weight is 558 g/mol. The maximum absolute atomic E-state index is 15.2. The van der Waals surface area contributed by atoms with E-state index in [4.69, 9.17) is 5.73 Å². The van der Waals surface area contributed by atoms with E-state index in [2.05, 4.69) is 33.4 Å². The summed E-state index contributed by atoms with van der Waals surface area (Å²) < 4.78 is 32.0. The van der Waals surface area contributed by atoms with Crippen molar-refractivity contribution in [2.75, 3.05) is 0 Å². The lowest BCUT2D eigenvalue weighted by molar-refractivity contribution is -0.120. The van der Waals surface area contributed by atoms with Gasteiger partial charge < -0.3 is 11.1 Å². The van der Waals surface area contributed by atoms with Gasteiger partial charge in [0.25, 0.3) is 0 Å². The van der Waals surface area contributed by atoms with E-state index in [1.54, 1.807) is 42.9 Å². The summed E-state index contributed by atoms with van der Waals surface area (Å²) in [5, 5.41) is 17.0. The number of carbonyl (C=O) groups excluding carboxylic acids is 1. The van der Waals surface area contributed by atoms with Crippen LogP contribution in [-0.4, -0.2) is 37.6 Å². The lowest BCUT2D eigenvalue weighted by Gasteiger charge is -2.39. The quantitative estimate of drug-likeness (QED) is 0.351. The number of benzene rings is 1. The van der Waals surface area contributed by atoms with Gasteiger partial charge in [-0.15, -0.1) is 0 Å². The van der Waals surface area contributed by atoms with E-state index >= 15 is 8.78 Å². The molecule has 41 heavy (non-hydrogen) atoms. The SMILES string of the molecule is CC(=O)N[C@@H]1[C@H](N)C[C@H](c2ccncc2Cc2ncc3ccc(-c4c(F)cc(C(C)(C)C#N)cc4F)nn23)C[C@@H]1C. The number of pyridine rings is 1. The first-order chi connectivity index (χ1) is 19.5. The van der Waals surface area contributed by atoms with Crippen LogP contribution >= 0.6 is 0 Å². The number of carbonyl (C=O) groups is 1.